The molecule has 3 rings (SSSR count). The van der Waals surface area contributed by atoms with E-state index in [1.165, 1.54) is 0 Å². The molecule has 1 amide bonds. The molecular weight excluding hydrogens is 350 g/mol. The maximum absolute atomic E-state index is 12.3. The first kappa shape index (κ1) is 19.2. The van der Waals surface area contributed by atoms with Gasteiger partial charge in [0, 0.05) is 24.0 Å². The molecule has 140 valence electrons. The van der Waals surface area contributed by atoms with Gasteiger partial charge in [0.05, 0.1) is 6.54 Å². The molecule has 0 aliphatic heterocycles. The summed E-state index contributed by atoms with van der Waals surface area (Å²) < 4.78 is 0. The second-order valence-electron chi connectivity index (χ2n) is 6.43. The molecule has 0 fully saturated rings. The number of benzene rings is 3. The molecule has 0 heterocycles. The van der Waals surface area contributed by atoms with Gasteiger partial charge >= 0.3 is 0 Å². The molecule has 0 saturated carbocycles. The summed E-state index contributed by atoms with van der Waals surface area (Å²) in [5.74, 6) is -0.556. The number of amides is 1. The molecular formula is C24H21NO3. The zero-order valence-electron chi connectivity index (χ0n) is 15.4. The van der Waals surface area contributed by atoms with E-state index in [2.05, 4.69) is 5.32 Å². The lowest BCUT2D eigenvalue weighted by atomic mass is 10.0. The van der Waals surface area contributed by atoms with E-state index < -0.39 is 0 Å². The van der Waals surface area contributed by atoms with Gasteiger partial charge in [-0.15, -0.1) is 0 Å². The quantitative estimate of drug-likeness (QED) is 0.600. The SMILES string of the molecule is O=C(CCC(=O)c1ccc(-c2ccccc2)cc1)NCC(=O)c1ccccc1. The predicted molar refractivity (Wildman–Crippen MR) is 109 cm³/mol. The zero-order chi connectivity index (χ0) is 19.8. The number of carbonyl (C=O) groups is 3. The van der Waals surface area contributed by atoms with Crippen LogP contribution >= 0.6 is 0 Å². The highest BCUT2D eigenvalue weighted by molar-refractivity contribution is 6.00. The van der Waals surface area contributed by atoms with Crippen LogP contribution in [0.2, 0.25) is 0 Å². The largest absolute Gasteiger partial charge is 0.349 e. The van der Waals surface area contributed by atoms with Crippen molar-refractivity contribution in [3.63, 3.8) is 0 Å². The fourth-order valence-corrected chi connectivity index (χ4v) is 2.84. The summed E-state index contributed by atoms with van der Waals surface area (Å²) in [5, 5.41) is 2.58. The standard InChI is InChI=1S/C24H21NO3/c26-22(21-13-11-19(12-14-21)18-7-3-1-4-8-18)15-16-24(28)25-17-23(27)20-9-5-2-6-10-20/h1-14H,15-17H2,(H,25,28). The van der Waals surface area contributed by atoms with Crippen molar-refractivity contribution in [2.45, 2.75) is 12.8 Å². The van der Waals surface area contributed by atoms with Gasteiger partial charge in [-0.05, 0) is 11.1 Å². The average molecular weight is 371 g/mol. The van der Waals surface area contributed by atoms with Crippen molar-refractivity contribution in [2.24, 2.45) is 0 Å². The molecule has 0 bridgehead atoms. The second-order valence-corrected chi connectivity index (χ2v) is 6.43. The fourth-order valence-electron chi connectivity index (χ4n) is 2.84. The Morgan fingerprint density at radius 2 is 1.11 bits per heavy atom. The summed E-state index contributed by atoms with van der Waals surface area (Å²) in [6, 6.07) is 26.1. The molecule has 0 aliphatic rings. The van der Waals surface area contributed by atoms with Crippen LogP contribution in [0.1, 0.15) is 33.6 Å². The number of hydrogen-bond donors (Lipinski definition) is 1. The first-order valence-electron chi connectivity index (χ1n) is 9.17. The molecule has 3 aromatic carbocycles. The Morgan fingerprint density at radius 1 is 0.571 bits per heavy atom. The number of nitrogens with one attached hydrogen (secondary N) is 1. The van der Waals surface area contributed by atoms with Crippen molar-refractivity contribution in [3.05, 3.63) is 96.1 Å². The lowest BCUT2D eigenvalue weighted by Gasteiger charge is -2.06. The molecule has 0 unspecified atom stereocenters. The van der Waals surface area contributed by atoms with E-state index in [1.54, 1.807) is 36.4 Å². The topological polar surface area (TPSA) is 63.2 Å². The van der Waals surface area contributed by atoms with Gasteiger partial charge in [-0.25, -0.2) is 0 Å². The molecule has 0 aromatic heterocycles. The minimum Gasteiger partial charge on any atom is -0.349 e. The van der Waals surface area contributed by atoms with Crippen LogP contribution in [-0.2, 0) is 4.79 Å². The van der Waals surface area contributed by atoms with Crippen molar-refractivity contribution in [3.8, 4) is 11.1 Å². The summed E-state index contributed by atoms with van der Waals surface area (Å²) in [6.07, 6.45) is 0.164. The molecule has 4 nitrogen and oxygen atoms in total. The summed E-state index contributed by atoms with van der Waals surface area (Å²) >= 11 is 0. The fraction of sp³-hybridized carbons (Fsp3) is 0.125. The molecule has 0 atom stereocenters. The molecule has 3 aromatic rings. The van der Waals surface area contributed by atoms with Gasteiger partial charge in [0.1, 0.15) is 0 Å². The number of Topliss-reactive ketones (excluding diaryl/α,β-unsaturated/α-hetero) is 2. The van der Waals surface area contributed by atoms with E-state index in [0.717, 1.165) is 11.1 Å². The highest BCUT2D eigenvalue weighted by Gasteiger charge is 2.11. The monoisotopic (exact) mass is 371 g/mol. The van der Waals surface area contributed by atoms with Crippen LogP contribution in [0.15, 0.2) is 84.9 Å². The van der Waals surface area contributed by atoms with Crippen LogP contribution in [0, 0.1) is 0 Å². The van der Waals surface area contributed by atoms with Crippen LogP contribution < -0.4 is 5.32 Å². The highest BCUT2D eigenvalue weighted by Crippen LogP contribution is 2.19. The van der Waals surface area contributed by atoms with Gasteiger partial charge in [-0.3, -0.25) is 14.4 Å². The van der Waals surface area contributed by atoms with Crippen LogP contribution in [0.4, 0.5) is 0 Å². The van der Waals surface area contributed by atoms with Gasteiger partial charge < -0.3 is 5.32 Å². The van der Waals surface area contributed by atoms with Crippen LogP contribution in [-0.4, -0.2) is 24.0 Å². The predicted octanol–water partition coefficient (Wildman–Crippen LogP) is 4.32. The minimum atomic E-state index is -0.307. The Morgan fingerprint density at radius 3 is 1.75 bits per heavy atom. The second kappa shape index (κ2) is 9.42. The van der Waals surface area contributed by atoms with E-state index >= 15 is 0 Å². The van der Waals surface area contributed by atoms with Crippen molar-refractivity contribution in [1.29, 1.82) is 0 Å². The average Bonchev–Trinajstić information content (AvgIpc) is 2.77. The maximum Gasteiger partial charge on any atom is 0.220 e. The maximum atomic E-state index is 12.3. The Balaban J connectivity index is 1.47. The minimum absolute atomic E-state index is 0.0569. The summed E-state index contributed by atoms with van der Waals surface area (Å²) in [5.41, 5.74) is 3.25. The lowest BCUT2D eigenvalue weighted by Crippen LogP contribution is -2.29. The van der Waals surface area contributed by atoms with Crippen LogP contribution in [0.3, 0.4) is 0 Å². The molecule has 1 N–H and O–H groups in total. The van der Waals surface area contributed by atoms with E-state index in [4.69, 9.17) is 0 Å². The molecule has 0 radical (unpaired) electrons. The third-order valence-electron chi connectivity index (χ3n) is 4.44. The van der Waals surface area contributed by atoms with Crippen LogP contribution in [0.25, 0.3) is 11.1 Å². The Kier molecular flexibility index (Phi) is 6.47. The van der Waals surface area contributed by atoms with Gasteiger partial charge in [-0.1, -0.05) is 84.9 Å². The van der Waals surface area contributed by atoms with Gasteiger partial charge in [-0.2, -0.15) is 0 Å². The first-order chi connectivity index (χ1) is 13.6. The van der Waals surface area contributed by atoms with E-state index in [9.17, 15) is 14.4 Å². The summed E-state index contributed by atoms with van der Waals surface area (Å²) in [7, 11) is 0. The van der Waals surface area contributed by atoms with Gasteiger partial charge in [0.15, 0.2) is 11.6 Å². The van der Waals surface area contributed by atoms with Gasteiger partial charge in [0.2, 0.25) is 5.91 Å². The summed E-state index contributed by atoms with van der Waals surface area (Å²) in [4.78, 5) is 36.2. The molecule has 0 saturated heterocycles. The van der Waals surface area contributed by atoms with Crippen molar-refractivity contribution >= 4 is 17.5 Å². The zero-order valence-corrected chi connectivity index (χ0v) is 15.4. The lowest BCUT2D eigenvalue weighted by molar-refractivity contribution is -0.120. The molecule has 4 heteroatoms. The third-order valence-corrected chi connectivity index (χ3v) is 4.44. The Labute approximate surface area is 164 Å². The van der Waals surface area contributed by atoms with Gasteiger partial charge in [0.25, 0.3) is 0 Å². The number of carbonyl (C=O) groups excluding carboxylic acids is 3. The molecule has 0 aliphatic carbocycles. The van der Waals surface area contributed by atoms with Crippen molar-refractivity contribution in [1.82, 2.24) is 5.32 Å². The van der Waals surface area contributed by atoms with Crippen LogP contribution in [0.5, 0.6) is 0 Å². The van der Waals surface area contributed by atoms with E-state index in [-0.39, 0.29) is 36.9 Å². The molecule has 0 spiro atoms. The smallest absolute Gasteiger partial charge is 0.220 e. The highest BCUT2D eigenvalue weighted by atomic mass is 16.2. The molecule has 28 heavy (non-hydrogen) atoms. The van der Waals surface area contributed by atoms with E-state index in [1.807, 2.05) is 48.5 Å². The Bertz CT molecular complexity index is 948. The third kappa shape index (κ3) is 5.24. The normalized spacial score (nSPS) is 10.3. The van der Waals surface area contributed by atoms with Crippen molar-refractivity contribution in [2.75, 3.05) is 6.54 Å². The summed E-state index contributed by atoms with van der Waals surface area (Å²) in [6.45, 7) is -0.0667. The Hall–Kier alpha value is -3.53. The van der Waals surface area contributed by atoms with E-state index in [0.29, 0.717) is 11.1 Å². The van der Waals surface area contributed by atoms with Crippen molar-refractivity contribution < 1.29 is 14.4 Å². The number of rotatable bonds is 8. The number of hydrogen-bond acceptors (Lipinski definition) is 3. The first-order valence-corrected chi connectivity index (χ1v) is 9.17. The number of ketones is 2.